The molecule has 0 radical (unpaired) electrons. The van der Waals surface area contributed by atoms with Crippen molar-refractivity contribution in [2.45, 2.75) is 13.8 Å². The third-order valence-electron chi connectivity index (χ3n) is 1.86. The number of hydrogen-bond donors (Lipinski definition) is 2. The van der Waals surface area contributed by atoms with Crippen molar-refractivity contribution in [3.8, 4) is 0 Å². The van der Waals surface area contributed by atoms with E-state index in [2.05, 4.69) is 15.4 Å². The Kier molecular flexibility index (Phi) is 5.00. The molecule has 5 nitrogen and oxygen atoms in total. The number of alkyl carbamates (subject to hydrolysis) is 1. The van der Waals surface area contributed by atoms with Gasteiger partial charge in [-0.2, -0.15) is 0 Å². The monoisotopic (exact) mass is 236 g/mol. The first-order valence-corrected chi connectivity index (χ1v) is 5.39. The minimum Gasteiger partial charge on any atom is -0.359 e. The lowest BCUT2D eigenvalue weighted by atomic mass is 10.2. The number of rotatable bonds is 3. The van der Waals surface area contributed by atoms with Crippen LogP contribution in [0.3, 0.4) is 0 Å². The first kappa shape index (κ1) is 13.0. The number of anilines is 1. The third-order valence-corrected chi connectivity index (χ3v) is 1.86. The van der Waals surface area contributed by atoms with E-state index < -0.39 is 12.2 Å². The molecule has 0 aliphatic carbocycles. The van der Waals surface area contributed by atoms with Crippen LogP contribution in [0.4, 0.5) is 15.3 Å². The molecule has 0 heterocycles. The molecular formula is C12H16N2O3. The number of carbonyl (C=O) groups excluding carboxylic acids is 2. The van der Waals surface area contributed by atoms with Crippen LogP contribution in [0.5, 0.6) is 0 Å². The van der Waals surface area contributed by atoms with Crippen molar-refractivity contribution in [2.24, 2.45) is 5.92 Å². The van der Waals surface area contributed by atoms with Gasteiger partial charge in [0.2, 0.25) is 0 Å². The Bertz CT molecular complexity index is 377. The lowest BCUT2D eigenvalue weighted by molar-refractivity contribution is 0.159. The highest BCUT2D eigenvalue weighted by molar-refractivity contribution is 5.92. The van der Waals surface area contributed by atoms with Crippen LogP contribution in [0.1, 0.15) is 13.8 Å². The number of para-hydroxylation sites is 1. The van der Waals surface area contributed by atoms with Crippen molar-refractivity contribution in [1.82, 2.24) is 5.32 Å². The second kappa shape index (κ2) is 6.52. The van der Waals surface area contributed by atoms with E-state index in [-0.39, 0.29) is 0 Å². The molecule has 0 spiro atoms. The Morgan fingerprint density at radius 1 is 1.18 bits per heavy atom. The molecule has 0 aliphatic heterocycles. The van der Waals surface area contributed by atoms with Gasteiger partial charge in [0.1, 0.15) is 0 Å². The van der Waals surface area contributed by atoms with Crippen LogP contribution in [-0.2, 0) is 4.74 Å². The highest BCUT2D eigenvalue weighted by Gasteiger charge is 2.09. The summed E-state index contributed by atoms with van der Waals surface area (Å²) in [6.07, 6.45) is -1.54. The Balaban J connectivity index is 2.32. The predicted octanol–water partition coefficient (Wildman–Crippen LogP) is 2.60. The maximum absolute atomic E-state index is 11.3. The van der Waals surface area contributed by atoms with Crippen molar-refractivity contribution in [2.75, 3.05) is 11.9 Å². The first-order valence-electron chi connectivity index (χ1n) is 5.39. The molecule has 92 valence electrons. The normalized spacial score (nSPS) is 9.82. The molecule has 0 bridgehead atoms. The van der Waals surface area contributed by atoms with Crippen LogP contribution in [0.15, 0.2) is 30.3 Å². The minimum absolute atomic E-state index is 0.305. The van der Waals surface area contributed by atoms with Crippen molar-refractivity contribution in [1.29, 1.82) is 0 Å². The van der Waals surface area contributed by atoms with Crippen LogP contribution in [0.2, 0.25) is 0 Å². The first-order chi connectivity index (χ1) is 8.08. The zero-order chi connectivity index (χ0) is 12.7. The molecule has 17 heavy (non-hydrogen) atoms. The fourth-order valence-electron chi connectivity index (χ4n) is 1.07. The number of ether oxygens (including phenoxy) is 1. The minimum atomic E-state index is -0.794. The lowest BCUT2D eigenvalue weighted by Crippen LogP contribution is -2.31. The molecule has 0 aromatic heterocycles. The smallest absolute Gasteiger partial charge is 0.359 e. The van der Waals surface area contributed by atoms with Crippen LogP contribution in [0, 0.1) is 5.92 Å². The van der Waals surface area contributed by atoms with Crippen molar-refractivity contribution < 1.29 is 14.3 Å². The fraction of sp³-hybridized carbons (Fsp3) is 0.333. The van der Waals surface area contributed by atoms with Gasteiger partial charge >= 0.3 is 12.2 Å². The molecule has 1 rings (SSSR count). The van der Waals surface area contributed by atoms with E-state index in [4.69, 9.17) is 0 Å². The average molecular weight is 236 g/mol. The highest BCUT2D eigenvalue weighted by Crippen LogP contribution is 2.05. The van der Waals surface area contributed by atoms with Gasteiger partial charge in [-0.15, -0.1) is 0 Å². The number of nitrogens with one attached hydrogen (secondary N) is 2. The third kappa shape index (κ3) is 5.55. The summed E-state index contributed by atoms with van der Waals surface area (Å²) in [7, 11) is 0. The number of benzene rings is 1. The summed E-state index contributed by atoms with van der Waals surface area (Å²) in [5.74, 6) is 0.305. The average Bonchev–Trinajstić information content (AvgIpc) is 2.27. The number of hydrogen-bond acceptors (Lipinski definition) is 3. The summed E-state index contributed by atoms with van der Waals surface area (Å²) in [5.41, 5.74) is 0.578. The summed E-state index contributed by atoms with van der Waals surface area (Å²) >= 11 is 0. The second-order valence-corrected chi connectivity index (χ2v) is 3.94. The molecule has 0 fully saturated rings. The fourth-order valence-corrected chi connectivity index (χ4v) is 1.07. The molecule has 0 aliphatic rings. The molecule has 5 heteroatoms. The van der Waals surface area contributed by atoms with Crippen LogP contribution >= 0.6 is 0 Å². The maximum atomic E-state index is 11.3. The second-order valence-electron chi connectivity index (χ2n) is 3.94. The van der Waals surface area contributed by atoms with E-state index in [1.165, 1.54) is 0 Å². The largest absolute Gasteiger partial charge is 0.420 e. The number of amides is 2. The van der Waals surface area contributed by atoms with E-state index in [0.717, 1.165) is 0 Å². The Labute approximate surface area is 100 Å². The Hall–Kier alpha value is -2.04. The van der Waals surface area contributed by atoms with Gasteiger partial charge in [-0.05, 0) is 18.1 Å². The van der Waals surface area contributed by atoms with Gasteiger partial charge in [0.25, 0.3) is 0 Å². The van der Waals surface area contributed by atoms with Crippen LogP contribution in [-0.4, -0.2) is 18.7 Å². The van der Waals surface area contributed by atoms with E-state index in [1.54, 1.807) is 24.3 Å². The highest BCUT2D eigenvalue weighted by atomic mass is 16.6. The van der Waals surface area contributed by atoms with E-state index >= 15 is 0 Å². The standard InChI is InChI=1S/C12H16N2O3/c1-9(2)8-13-11(15)17-12(16)14-10-6-4-3-5-7-10/h3-7,9H,8H2,1-2H3,(H,13,15)(H,14,16). The molecule has 0 atom stereocenters. The zero-order valence-corrected chi connectivity index (χ0v) is 9.90. The van der Waals surface area contributed by atoms with E-state index in [9.17, 15) is 9.59 Å². The van der Waals surface area contributed by atoms with Gasteiger partial charge in [-0.1, -0.05) is 32.0 Å². The molecule has 0 saturated heterocycles. The van der Waals surface area contributed by atoms with Gasteiger partial charge in [-0.3, -0.25) is 5.32 Å². The van der Waals surface area contributed by atoms with Crippen molar-refractivity contribution in [3.63, 3.8) is 0 Å². The summed E-state index contributed by atoms with van der Waals surface area (Å²) in [6.45, 7) is 4.37. The molecule has 0 unspecified atom stereocenters. The zero-order valence-electron chi connectivity index (χ0n) is 9.90. The number of carbonyl (C=O) groups is 2. The van der Waals surface area contributed by atoms with Crippen molar-refractivity contribution >= 4 is 17.9 Å². The molecule has 2 N–H and O–H groups in total. The summed E-state index contributed by atoms with van der Waals surface area (Å²) < 4.78 is 4.50. The van der Waals surface area contributed by atoms with Crippen LogP contribution in [0.25, 0.3) is 0 Å². The lowest BCUT2D eigenvalue weighted by Gasteiger charge is -2.08. The molecule has 1 aromatic rings. The SMILES string of the molecule is CC(C)CNC(=O)OC(=O)Nc1ccccc1. The van der Waals surface area contributed by atoms with Gasteiger partial charge in [0, 0.05) is 12.2 Å². The quantitative estimate of drug-likeness (QED) is 0.793. The molecule has 0 saturated carbocycles. The van der Waals surface area contributed by atoms with Gasteiger partial charge in [0.15, 0.2) is 0 Å². The Morgan fingerprint density at radius 2 is 1.82 bits per heavy atom. The Morgan fingerprint density at radius 3 is 2.41 bits per heavy atom. The van der Waals surface area contributed by atoms with E-state index in [0.29, 0.717) is 18.2 Å². The maximum Gasteiger partial charge on any atom is 0.420 e. The van der Waals surface area contributed by atoms with Crippen molar-refractivity contribution in [3.05, 3.63) is 30.3 Å². The van der Waals surface area contributed by atoms with Gasteiger partial charge in [0.05, 0.1) is 0 Å². The summed E-state index contributed by atoms with van der Waals surface area (Å²) in [6, 6.07) is 8.77. The predicted molar refractivity (Wildman–Crippen MR) is 64.8 cm³/mol. The van der Waals surface area contributed by atoms with Crippen LogP contribution < -0.4 is 10.6 Å². The van der Waals surface area contributed by atoms with E-state index in [1.807, 2.05) is 19.9 Å². The van der Waals surface area contributed by atoms with Gasteiger partial charge < -0.3 is 10.1 Å². The molecular weight excluding hydrogens is 220 g/mol. The topological polar surface area (TPSA) is 67.4 Å². The summed E-state index contributed by atoms with van der Waals surface area (Å²) in [4.78, 5) is 22.4. The summed E-state index contributed by atoms with van der Waals surface area (Å²) in [5, 5.41) is 4.92. The molecule has 1 aromatic carbocycles. The molecule has 2 amide bonds. The van der Waals surface area contributed by atoms with Gasteiger partial charge in [-0.25, -0.2) is 9.59 Å².